The largest absolute Gasteiger partial charge is 0.455 e. The molecule has 15 atom stereocenters. The highest BCUT2D eigenvalue weighted by Gasteiger charge is 2.90. The molecule has 3 N–H and O–H groups in total. The zero-order chi connectivity index (χ0) is 32.4. The molecule has 0 aromatic heterocycles. The normalized spacial score (nSPS) is 53.6. The molecular weight excluding hydrogens is 588 g/mol. The van der Waals surface area contributed by atoms with E-state index >= 15 is 0 Å². The van der Waals surface area contributed by atoms with Gasteiger partial charge in [-0.15, -0.1) is 0 Å². The first kappa shape index (κ1) is 31.4. The monoisotopic (exact) mass is 638 g/mol. The molecule has 4 heterocycles. The van der Waals surface area contributed by atoms with Gasteiger partial charge < -0.3 is 39.0 Å². The van der Waals surface area contributed by atoms with E-state index in [-0.39, 0.29) is 23.7 Å². The van der Waals surface area contributed by atoms with Gasteiger partial charge in [0.1, 0.15) is 41.2 Å². The van der Waals surface area contributed by atoms with E-state index in [4.69, 9.17) is 23.7 Å². The van der Waals surface area contributed by atoms with Gasteiger partial charge in [0.15, 0.2) is 0 Å². The van der Waals surface area contributed by atoms with Crippen LogP contribution in [0.25, 0.3) is 0 Å². The highest BCUT2D eigenvalue weighted by Crippen LogP contribution is 2.75. The molecule has 252 valence electrons. The van der Waals surface area contributed by atoms with Crippen LogP contribution in [0.5, 0.6) is 0 Å². The first-order valence-electron chi connectivity index (χ1n) is 17.6. The molecule has 3 bridgehead atoms. The number of hydrogen-bond acceptors (Lipinski definition) is 9. The Labute approximate surface area is 271 Å². The Morgan fingerprint density at radius 2 is 1.74 bits per heavy atom. The molecule has 3 aliphatic carbocycles. The lowest BCUT2D eigenvalue weighted by atomic mass is 9.52. The lowest BCUT2D eigenvalue weighted by molar-refractivity contribution is -0.437. The maximum atomic E-state index is 13.7. The molecule has 46 heavy (non-hydrogen) atoms. The SMILES string of the molecule is C=C(C)[C@]12C[C@@H](C)[C@@]34O[C@]5(CCCCCCC[C@@H](C)[C@H]6[C@H](C)[C@H](OC(=O)c7ccccc7)[C@@](O)([C@H](O)[C@@]7(CO)O[C@H]7[C@H]3[C@H]1O5)[C@@H]64)O2. The zero-order valence-electron chi connectivity index (χ0n) is 27.5. The Bertz CT molecular complexity index is 1400. The Kier molecular flexibility index (Phi) is 7.06. The molecule has 3 saturated carbocycles. The number of carbonyl (C=O) groups excluding carboxylic acids is 1. The average molecular weight is 639 g/mol. The number of fused-ring (bicyclic) bond motifs is 1. The van der Waals surface area contributed by atoms with Crippen molar-refractivity contribution < 1.29 is 43.8 Å². The number of aliphatic hydroxyl groups is 3. The molecular formula is C37H50O9. The van der Waals surface area contributed by atoms with Crippen LogP contribution in [0.2, 0.25) is 0 Å². The van der Waals surface area contributed by atoms with Crippen molar-refractivity contribution in [2.45, 2.75) is 132 Å². The lowest BCUT2D eigenvalue weighted by Crippen LogP contribution is -2.73. The fourth-order valence-corrected chi connectivity index (χ4v) is 11.6. The highest BCUT2D eigenvalue weighted by molar-refractivity contribution is 5.89. The maximum absolute atomic E-state index is 13.7. The molecule has 0 unspecified atom stereocenters. The second-order valence-corrected chi connectivity index (χ2v) is 15.9. The van der Waals surface area contributed by atoms with Crippen molar-refractivity contribution in [2.75, 3.05) is 6.61 Å². The van der Waals surface area contributed by atoms with Crippen molar-refractivity contribution in [3.8, 4) is 0 Å². The topological polar surface area (TPSA) is 127 Å². The number of esters is 1. The number of ether oxygens (including phenoxy) is 5. The zero-order valence-corrected chi connectivity index (χ0v) is 27.5. The van der Waals surface area contributed by atoms with Crippen LogP contribution in [0, 0.1) is 35.5 Å². The average Bonchev–Trinajstić information content (AvgIpc) is 3.67. The third kappa shape index (κ3) is 3.79. The standard InChI is InChI=1S/C37H50O9/c1-20(2)33-18-22(4)37-26-29(33)44-35(45-33,46-37)17-13-8-6-7-10-14-21(3)25-23(5)28(42-31(39)24-15-11-9-12-16-24)36(41,27(25)37)32(40)34(19-38)30(26)43-34/h9,11-12,15-16,21-23,25-30,32,38,40-41H,1,6-8,10,13-14,17-19H2,2-5H3/t21-,22-,23+,25+,26-,27-,28+,29-,30+,32-,33-,34+,35+,36-,37-/m1/s1. The van der Waals surface area contributed by atoms with E-state index in [1.807, 2.05) is 19.9 Å². The van der Waals surface area contributed by atoms with Crippen molar-refractivity contribution in [3.05, 3.63) is 48.0 Å². The number of epoxide rings is 1. The van der Waals surface area contributed by atoms with E-state index in [0.29, 0.717) is 18.4 Å². The molecule has 1 aromatic carbocycles. The van der Waals surface area contributed by atoms with Gasteiger partial charge in [-0.25, -0.2) is 4.79 Å². The molecule has 0 radical (unpaired) electrons. The summed E-state index contributed by atoms with van der Waals surface area (Å²) < 4.78 is 34.2. The fourth-order valence-electron chi connectivity index (χ4n) is 11.6. The van der Waals surface area contributed by atoms with Gasteiger partial charge in [-0.05, 0) is 61.1 Å². The van der Waals surface area contributed by atoms with Gasteiger partial charge in [0.25, 0.3) is 5.97 Å². The number of rotatable bonds is 4. The summed E-state index contributed by atoms with van der Waals surface area (Å²) in [6.07, 6.45) is 3.37. The number of aliphatic hydroxyl groups excluding tert-OH is 2. The molecule has 8 rings (SSSR count). The van der Waals surface area contributed by atoms with Crippen molar-refractivity contribution in [2.24, 2.45) is 35.5 Å². The first-order valence-corrected chi connectivity index (χ1v) is 17.6. The molecule has 7 fully saturated rings. The van der Waals surface area contributed by atoms with Gasteiger partial charge in [-0.1, -0.05) is 77.7 Å². The summed E-state index contributed by atoms with van der Waals surface area (Å²) in [6.45, 7) is 12.3. The summed E-state index contributed by atoms with van der Waals surface area (Å²) in [4.78, 5) is 13.7. The molecule has 4 aliphatic heterocycles. The molecule has 7 aliphatic rings. The minimum Gasteiger partial charge on any atom is -0.455 e. The third-order valence-corrected chi connectivity index (χ3v) is 13.6. The summed E-state index contributed by atoms with van der Waals surface area (Å²) in [6, 6.07) is 8.76. The Hall–Kier alpha value is -1.85. The minimum absolute atomic E-state index is 0.122. The molecule has 2 spiro atoms. The smallest absolute Gasteiger partial charge is 0.338 e. The summed E-state index contributed by atoms with van der Waals surface area (Å²) in [5.74, 6) is -3.61. The minimum atomic E-state index is -2.00. The Morgan fingerprint density at radius 3 is 2.46 bits per heavy atom. The molecule has 9 nitrogen and oxygen atoms in total. The van der Waals surface area contributed by atoms with Crippen molar-refractivity contribution >= 4 is 5.97 Å². The van der Waals surface area contributed by atoms with E-state index in [1.54, 1.807) is 24.3 Å². The van der Waals surface area contributed by atoms with Gasteiger partial charge >= 0.3 is 5.97 Å². The lowest BCUT2D eigenvalue weighted by Gasteiger charge is -2.61. The summed E-state index contributed by atoms with van der Waals surface area (Å²) in [7, 11) is 0. The second-order valence-electron chi connectivity index (χ2n) is 15.9. The van der Waals surface area contributed by atoms with E-state index in [1.165, 1.54) is 0 Å². The summed E-state index contributed by atoms with van der Waals surface area (Å²) in [5, 5.41) is 37.0. The predicted molar refractivity (Wildman–Crippen MR) is 166 cm³/mol. The first-order chi connectivity index (χ1) is 21.9. The van der Waals surface area contributed by atoms with Crippen molar-refractivity contribution in [3.63, 3.8) is 0 Å². The third-order valence-electron chi connectivity index (χ3n) is 13.6. The number of hydrogen-bond donors (Lipinski definition) is 3. The Balaban J connectivity index is 1.36. The molecule has 0 amide bonds. The van der Waals surface area contributed by atoms with Gasteiger partial charge in [0, 0.05) is 18.3 Å². The van der Waals surface area contributed by atoms with Gasteiger partial charge in [0.2, 0.25) is 0 Å². The molecule has 9 heteroatoms. The van der Waals surface area contributed by atoms with Crippen LogP contribution in [0.1, 0.15) is 89.4 Å². The highest BCUT2D eigenvalue weighted by atomic mass is 16.9. The van der Waals surface area contributed by atoms with E-state index in [0.717, 1.165) is 44.1 Å². The van der Waals surface area contributed by atoms with E-state index < -0.39 is 77.2 Å². The maximum Gasteiger partial charge on any atom is 0.338 e. The van der Waals surface area contributed by atoms with Gasteiger partial charge in [-0.2, -0.15) is 0 Å². The summed E-state index contributed by atoms with van der Waals surface area (Å²) >= 11 is 0. The van der Waals surface area contributed by atoms with Crippen LogP contribution < -0.4 is 0 Å². The quantitative estimate of drug-likeness (QED) is 0.248. The second kappa shape index (κ2) is 10.3. The van der Waals surface area contributed by atoms with Gasteiger partial charge in [0.05, 0.1) is 17.8 Å². The number of benzene rings is 1. The molecule has 1 aromatic rings. The van der Waals surface area contributed by atoms with E-state index in [2.05, 4.69) is 20.4 Å². The predicted octanol–water partition coefficient (Wildman–Crippen LogP) is 4.52. The van der Waals surface area contributed by atoms with Crippen LogP contribution in [0.4, 0.5) is 0 Å². The summed E-state index contributed by atoms with van der Waals surface area (Å²) in [5.41, 5.74) is -4.16. The number of carbonyl (C=O) groups is 1. The van der Waals surface area contributed by atoms with Crippen LogP contribution >= 0.6 is 0 Å². The van der Waals surface area contributed by atoms with Crippen LogP contribution in [0.3, 0.4) is 0 Å². The van der Waals surface area contributed by atoms with E-state index in [9.17, 15) is 20.1 Å². The van der Waals surface area contributed by atoms with Crippen molar-refractivity contribution in [1.82, 2.24) is 0 Å². The van der Waals surface area contributed by atoms with Crippen molar-refractivity contribution in [1.29, 1.82) is 0 Å². The van der Waals surface area contributed by atoms with Gasteiger partial charge in [-0.3, -0.25) is 0 Å². The Morgan fingerprint density at radius 1 is 1.02 bits per heavy atom. The van der Waals surface area contributed by atoms with Crippen LogP contribution in [0.15, 0.2) is 42.5 Å². The fraction of sp³-hybridized carbons (Fsp3) is 0.757. The molecule has 4 saturated heterocycles. The van der Waals surface area contributed by atoms with Crippen LogP contribution in [-0.4, -0.2) is 80.7 Å². The van der Waals surface area contributed by atoms with Crippen LogP contribution in [-0.2, 0) is 23.7 Å².